The first kappa shape index (κ1) is 17.0. The molecule has 5 nitrogen and oxygen atoms in total. The second-order valence-electron chi connectivity index (χ2n) is 5.05. The van der Waals surface area contributed by atoms with Gasteiger partial charge in [0.25, 0.3) is 5.91 Å². The maximum atomic E-state index is 12.3. The molecule has 0 atom stereocenters. The smallest absolute Gasteiger partial charge is 0.255 e. The van der Waals surface area contributed by atoms with E-state index in [0.29, 0.717) is 22.0 Å². The summed E-state index contributed by atoms with van der Waals surface area (Å²) in [5.41, 5.74) is 7.77. The Labute approximate surface area is 139 Å². The molecule has 2 aromatic carbocycles. The van der Waals surface area contributed by atoms with Crippen LogP contribution >= 0.6 is 11.6 Å². The Morgan fingerprint density at radius 3 is 2.57 bits per heavy atom. The van der Waals surface area contributed by atoms with Crippen LogP contribution in [-0.2, 0) is 4.79 Å². The Morgan fingerprint density at radius 2 is 1.87 bits per heavy atom. The minimum absolute atomic E-state index is 0.189. The van der Waals surface area contributed by atoms with Gasteiger partial charge in [-0.3, -0.25) is 9.59 Å². The zero-order chi connectivity index (χ0) is 16.8. The molecule has 4 N–H and O–H groups in total. The van der Waals surface area contributed by atoms with Crippen molar-refractivity contribution < 1.29 is 9.59 Å². The van der Waals surface area contributed by atoms with Gasteiger partial charge in [-0.1, -0.05) is 29.8 Å². The second-order valence-corrected chi connectivity index (χ2v) is 5.46. The Kier molecular flexibility index (Phi) is 5.73. The highest BCUT2D eigenvalue weighted by atomic mass is 35.5. The molecule has 0 bridgehead atoms. The molecule has 0 aliphatic rings. The number of benzene rings is 2. The summed E-state index contributed by atoms with van der Waals surface area (Å²) < 4.78 is 0. The first-order chi connectivity index (χ1) is 11.0. The van der Waals surface area contributed by atoms with Crippen LogP contribution in [0.2, 0.25) is 5.02 Å². The fraction of sp³-hybridized carbons (Fsp3) is 0.176. The van der Waals surface area contributed by atoms with E-state index in [0.717, 1.165) is 5.56 Å². The third-order valence-electron chi connectivity index (χ3n) is 3.26. The Bertz CT molecular complexity index is 732. The molecule has 2 rings (SSSR count). The van der Waals surface area contributed by atoms with E-state index in [4.69, 9.17) is 17.3 Å². The van der Waals surface area contributed by atoms with Crippen molar-refractivity contribution in [2.75, 3.05) is 17.2 Å². The van der Waals surface area contributed by atoms with Gasteiger partial charge in [0.15, 0.2) is 0 Å². The van der Waals surface area contributed by atoms with Crippen LogP contribution in [0.15, 0.2) is 42.5 Å². The number of anilines is 2. The quantitative estimate of drug-likeness (QED) is 0.786. The average Bonchev–Trinajstić information content (AvgIpc) is 2.51. The van der Waals surface area contributed by atoms with Crippen molar-refractivity contribution in [3.8, 4) is 0 Å². The summed E-state index contributed by atoms with van der Waals surface area (Å²) in [4.78, 5) is 23.9. The topological polar surface area (TPSA) is 84.2 Å². The van der Waals surface area contributed by atoms with Crippen LogP contribution in [-0.4, -0.2) is 18.4 Å². The van der Waals surface area contributed by atoms with Crippen LogP contribution in [0.25, 0.3) is 0 Å². The molecule has 2 aromatic rings. The number of amides is 2. The summed E-state index contributed by atoms with van der Waals surface area (Å²) in [5, 5.41) is 5.86. The molecule has 2 amide bonds. The van der Waals surface area contributed by atoms with Gasteiger partial charge in [-0.2, -0.15) is 0 Å². The van der Waals surface area contributed by atoms with Gasteiger partial charge in [0.05, 0.1) is 10.7 Å². The van der Waals surface area contributed by atoms with Crippen molar-refractivity contribution in [3.63, 3.8) is 0 Å². The molecule has 0 saturated heterocycles. The van der Waals surface area contributed by atoms with Gasteiger partial charge in [0.2, 0.25) is 5.91 Å². The molecule has 120 valence electrons. The fourth-order valence-corrected chi connectivity index (χ4v) is 2.24. The Balaban J connectivity index is 2.17. The highest BCUT2D eigenvalue weighted by molar-refractivity contribution is 6.34. The monoisotopic (exact) mass is 331 g/mol. The van der Waals surface area contributed by atoms with E-state index < -0.39 is 0 Å². The van der Waals surface area contributed by atoms with Crippen LogP contribution in [0.4, 0.5) is 11.4 Å². The third kappa shape index (κ3) is 4.55. The second kappa shape index (κ2) is 7.76. The summed E-state index contributed by atoms with van der Waals surface area (Å²) in [5.74, 6) is -0.443. The number of carbonyl (C=O) groups is 2. The van der Waals surface area contributed by atoms with Gasteiger partial charge in [-0.25, -0.2) is 0 Å². The van der Waals surface area contributed by atoms with Gasteiger partial charge in [0, 0.05) is 24.2 Å². The molecule has 0 radical (unpaired) electrons. The highest BCUT2D eigenvalue weighted by Crippen LogP contribution is 2.26. The number of hydrogen-bond donors (Lipinski definition) is 3. The number of rotatable bonds is 5. The minimum Gasteiger partial charge on any atom is -0.330 e. The van der Waals surface area contributed by atoms with Crippen molar-refractivity contribution in [1.29, 1.82) is 0 Å². The molecule has 0 unspecified atom stereocenters. The number of nitrogens with two attached hydrogens (primary N) is 1. The van der Waals surface area contributed by atoms with E-state index in [1.807, 2.05) is 19.1 Å². The molecule has 0 spiro atoms. The molecule has 0 fully saturated rings. The number of carbonyl (C=O) groups excluding carboxylic acids is 2. The van der Waals surface area contributed by atoms with Crippen LogP contribution in [0.1, 0.15) is 22.3 Å². The largest absolute Gasteiger partial charge is 0.330 e. The molecule has 0 heterocycles. The van der Waals surface area contributed by atoms with Crippen molar-refractivity contribution >= 4 is 34.8 Å². The predicted octanol–water partition coefficient (Wildman–Crippen LogP) is 3.19. The van der Waals surface area contributed by atoms with Crippen molar-refractivity contribution in [2.24, 2.45) is 5.73 Å². The maximum absolute atomic E-state index is 12.3. The van der Waals surface area contributed by atoms with E-state index in [2.05, 4.69) is 10.6 Å². The lowest BCUT2D eigenvalue weighted by Gasteiger charge is -2.11. The number of halogens is 1. The molecular formula is C17H18ClN3O2. The van der Waals surface area contributed by atoms with E-state index in [9.17, 15) is 9.59 Å². The molecular weight excluding hydrogens is 314 g/mol. The standard InChI is InChI=1S/C17H18ClN3O2/c1-11-4-2-3-5-13(11)17(23)21-15-10-12(6-7-14(15)18)20-16(22)8-9-19/h2-7,10H,8-9,19H2,1H3,(H,20,22)(H,21,23). The van der Waals surface area contributed by atoms with Gasteiger partial charge in [0.1, 0.15) is 0 Å². The van der Waals surface area contributed by atoms with Crippen molar-refractivity contribution in [2.45, 2.75) is 13.3 Å². The first-order valence-corrected chi connectivity index (χ1v) is 7.55. The molecule has 23 heavy (non-hydrogen) atoms. The van der Waals surface area contributed by atoms with Gasteiger partial charge >= 0.3 is 0 Å². The zero-order valence-corrected chi connectivity index (χ0v) is 13.5. The van der Waals surface area contributed by atoms with E-state index >= 15 is 0 Å². The van der Waals surface area contributed by atoms with Crippen LogP contribution < -0.4 is 16.4 Å². The molecule has 6 heteroatoms. The van der Waals surface area contributed by atoms with Crippen LogP contribution in [0, 0.1) is 6.92 Å². The van der Waals surface area contributed by atoms with E-state index in [1.165, 1.54) is 0 Å². The van der Waals surface area contributed by atoms with Gasteiger partial charge in [-0.15, -0.1) is 0 Å². The zero-order valence-electron chi connectivity index (χ0n) is 12.7. The molecule has 0 aliphatic carbocycles. The SMILES string of the molecule is Cc1ccccc1C(=O)Nc1cc(NC(=O)CCN)ccc1Cl. The van der Waals surface area contributed by atoms with Crippen molar-refractivity contribution in [1.82, 2.24) is 0 Å². The fourth-order valence-electron chi connectivity index (χ4n) is 2.07. The summed E-state index contributed by atoms with van der Waals surface area (Å²) in [6.45, 7) is 2.14. The van der Waals surface area contributed by atoms with Crippen LogP contribution in [0.3, 0.4) is 0 Å². The molecule has 0 saturated carbocycles. The van der Waals surface area contributed by atoms with Gasteiger partial charge in [-0.05, 0) is 36.8 Å². The normalized spacial score (nSPS) is 10.2. The average molecular weight is 332 g/mol. The van der Waals surface area contributed by atoms with E-state index in [1.54, 1.807) is 30.3 Å². The summed E-state index contributed by atoms with van der Waals surface area (Å²) in [6.07, 6.45) is 0.230. The minimum atomic E-state index is -0.254. The summed E-state index contributed by atoms with van der Waals surface area (Å²) in [7, 11) is 0. The third-order valence-corrected chi connectivity index (χ3v) is 3.59. The lowest BCUT2D eigenvalue weighted by molar-refractivity contribution is -0.116. The molecule has 0 aromatic heterocycles. The number of nitrogens with one attached hydrogen (secondary N) is 2. The van der Waals surface area contributed by atoms with Gasteiger partial charge < -0.3 is 16.4 Å². The number of hydrogen-bond acceptors (Lipinski definition) is 3. The highest BCUT2D eigenvalue weighted by Gasteiger charge is 2.11. The summed E-state index contributed by atoms with van der Waals surface area (Å²) in [6, 6.07) is 12.2. The first-order valence-electron chi connectivity index (χ1n) is 7.17. The number of aryl methyl sites for hydroxylation is 1. The lowest BCUT2D eigenvalue weighted by Crippen LogP contribution is -2.17. The van der Waals surface area contributed by atoms with E-state index in [-0.39, 0.29) is 24.8 Å². The summed E-state index contributed by atoms with van der Waals surface area (Å²) >= 11 is 6.12. The lowest BCUT2D eigenvalue weighted by atomic mass is 10.1. The van der Waals surface area contributed by atoms with Crippen molar-refractivity contribution in [3.05, 3.63) is 58.6 Å². The molecule has 0 aliphatic heterocycles. The Morgan fingerprint density at radius 1 is 1.13 bits per heavy atom. The maximum Gasteiger partial charge on any atom is 0.255 e. The Hall–Kier alpha value is -2.37. The predicted molar refractivity (Wildman–Crippen MR) is 92.9 cm³/mol. The van der Waals surface area contributed by atoms with Crippen LogP contribution in [0.5, 0.6) is 0 Å².